The molecule has 0 aliphatic heterocycles. The second-order valence-corrected chi connectivity index (χ2v) is 9.09. The minimum Gasteiger partial charge on any atom is -0.396 e. The number of anilines is 3. The molecular formula is C26H25N5OS. The third-order valence-corrected chi connectivity index (χ3v) is 6.55. The van der Waals surface area contributed by atoms with Crippen molar-refractivity contribution in [1.29, 1.82) is 0 Å². The van der Waals surface area contributed by atoms with Gasteiger partial charge in [0.2, 0.25) is 5.95 Å². The van der Waals surface area contributed by atoms with Crippen LogP contribution in [0.25, 0.3) is 31.7 Å². The van der Waals surface area contributed by atoms with E-state index < -0.39 is 0 Å². The number of aliphatic hydroxyl groups excluding tert-OH is 1. The van der Waals surface area contributed by atoms with Crippen LogP contribution in [0.1, 0.15) is 17.5 Å². The summed E-state index contributed by atoms with van der Waals surface area (Å²) in [6.07, 6.45) is 0.658. The predicted octanol–water partition coefficient (Wildman–Crippen LogP) is 6.06. The Morgan fingerprint density at radius 1 is 0.909 bits per heavy atom. The first kappa shape index (κ1) is 21.3. The van der Waals surface area contributed by atoms with E-state index >= 15 is 0 Å². The summed E-state index contributed by atoms with van der Waals surface area (Å²) in [6.45, 7) is 4.95. The highest BCUT2D eigenvalue weighted by molar-refractivity contribution is 7.21. The van der Waals surface area contributed by atoms with Crippen molar-refractivity contribution in [3.8, 4) is 10.6 Å². The molecule has 2 heterocycles. The van der Waals surface area contributed by atoms with Gasteiger partial charge in [0.05, 0.1) is 15.7 Å². The van der Waals surface area contributed by atoms with Gasteiger partial charge in [0.15, 0.2) is 0 Å². The number of rotatable bonds is 7. The molecule has 7 heteroatoms. The molecule has 0 radical (unpaired) electrons. The summed E-state index contributed by atoms with van der Waals surface area (Å²) in [5, 5.41) is 17.8. The molecule has 5 aromatic rings. The predicted molar refractivity (Wildman–Crippen MR) is 138 cm³/mol. The lowest BCUT2D eigenvalue weighted by Gasteiger charge is -2.12. The quantitative estimate of drug-likeness (QED) is 0.259. The van der Waals surface area contributed by atoms with Crippen LogP contribution in [0.4, 0.5) is 17.5 Å². The minimum absolute atomic E-state index is 0.138. The van der Waals surface area contributed by atoms with Crippen molar-refractivity contribution in [2.24, 2.45) is 0 Å². The first-order valence-corrected chi connectivity index (χ1v) is 11.8. The fourth-order valence-electron chi connectivity index (χ4n) is 3.78. The van der Waals surface area contributed by atoms with Gasteiger partial charge in [-0.15, -0.1) is 11.3 Å². The molecule has 2 aromatic heterocycles. The van der Waals surface area contributed by atoms with Crippen LogP contribution < -0.4 is 10.6 Å². The lowest BCUT2D eigenvalue weighted by Crippen LogP contribution is -2.08. The number of nitrogens with zero attached hydrogens (tertiary/aromatic N) is 3. The van der Waals surface area contributed by atoms with E-state index in [0.29, 0.717) is 18.9 Å². The van der Waals surface area contributed by atoms with Crippen LogP contribution in [-0.2, 0) is 0 Å². The summed E-state index contributed by atoms with van der Waals surface area (Å²) in [7, 11) is 0. The Balaban J connectivity index is 1.48. The average Bonchev–Trinajstić information content (AvgIpc) is 3.23. The van der Waals surface area contributed by atoms with Gasteiger partial charge >= 0.3 is 0 Å². The smallest absolute Gasteiger partial charge is 0.229 e. The molecule has 6 nitrogen and oxygen atoms in total. The topological polar surface area (TPSA) is 83.0 Å². The molecule has 0 aliphatic carbocycles. The van der Waals surface area contributed by atoms with E-state index in [4.69, 9.17) is 20.1 Å². The van der Waals surface area contributed by atoms with Crippen molar-refractivity contribution in [2.45, 2.75) is 20.3 Å². The number of aromatic nitrogens is 3. The highest BCUT2D eigenvalue weighted by Crippen LogP contribution is 2.34. The lowest BCUT2D eigenvalue weighted by molar-refractivity contribution is 0.292. The molecule has 0 unspecified atom stereocenters. The van der Waals surface area contributed by atoms with E-state index in [2.05, 4.69) is 48.7 Å². The zero-order chi connectivity index (χ0) is 22.8. The average molecular weight is 456 g/mol. The summed E-state index contributed by atoms with van der Waals surface area (Å²) in [5.74, 6) is 1.29. The number of aryl methyl sites for hydroxylation is 2. The van der Waals surface area contributed by atoms with Crippen molar-refractivity contribution in [3.63, 3.8) is 0 Å². The number of aliphatic hydroxyl groups is 1. The maximum Gasteiger partial charge on any atom is 0.229 e. The molecule has 3 aromatic carbocycles. The van der Waals surface area contributed by atoms with Gasteiger partial charge in [-0.25, -0.2) is 9.97 Å². The SMILES string of the molecule is Cc1ccc2nc(Nc3ccc4nc(-c5ccccc5C)sc4c3)nc(NCCCO)c2c1. The van der Waals surface area contributed by atoms with Gasteiger partial charge in [0, 0.05) is 29.8 Å². The molecule has 5 rings (SSSR count). The third-order valence-electron chi connectivity index (χ3n) is 5.50. The zero-order valence-electron chi connectivity index (χ0n) is 18.6. The number of hydrogen-bond donors (Lipinski definition) is 3. The van der Waals surface area contributed by atoms with Crippen LogP contribution in [0.5, 0.6) is 0 Å². The van der Waals surface area contributed by atoms with E-state index in [1.807, 2.05) is 36.4 Å². The van der Waals surface area contributed by atoms with Crippen LogP contribution >= 0.6 is 11.3 Å². The van der Waals surface area contributed by atoms with Crippen molar-refractivity contribution < 1.29 is 5.11 Å². The van der Waals surface area contributed by atoms with Gasteiger partial charge in [0.1, 0.15) is 10.8 Å². The Morgan fingerprint density at radius 2 is 1.76 bits per heavy atom. The monoisotopic (exact) mass is 455 g/mol. The maximum absolute atomic E-state index is 9.14. The van der Waals surface area contributed by atoms with Gasteiger partial charge < -0.3 is 15.7 Å². The summed E-state index contributed by atoms with van der Waals surface area (Å²) >= 11 is 1.68. The van der Waals surface area contributed by atoms with Gasteiger partial charge in [-0.3, -0.25) is 0 Å². The van der Waals surface area contributed by atoms with Crippen LogP contribution in [-0.4, -0.2) is 33.2 Å². The molecule has 0 spiro atoms. The molecular weight excluding hydrogens is 430 g/mol. The Kier molecular flexibility index (Phi) is 5.90. The van der Waals surface area contributed by atoms with Crippen LogP contribution in [0.3, 0.4) is 0 Å². The Bertz CT molecular complexity index is 1450. The van der Waals surface area contributed by atoms with E-state index in [9.17, 15) is 0 Å². The largest absolute Gasteiger partial charge is 0.396 e. The molecule has 0 amide bonds. The van der Waals surface area contributed by atoms with Crippen molar-refractivity contribution >= 4 is 49.9 Å². The highest BCUT2D eigenvalue weighted by atomic mass is 32.1. The summed E-state index contributed by atoms with van der Waals surface area (Å²) in [4.78, 5) is 14.3. The minimum atomic E-state index is 0.138. The highest BCUT2D eigenvalue weighted by Gasteiger charge is 2.11. The Labute approximate surface area is 196 Å². The number of nitrogens with one attached hydrogen (secondary N) is 2. The first-order valence-electron chi connectivity index (χ1n) is 11.0. The fourth-order valence-corrected chi connectivity index (χ4v) is 4.87. The Hall–Kier alpha value is -3.55. The number of thiazole rings is 1. The van der Waals surface area contributed by atoms with Gasteiger partial charge in [-0.2, -0.15) is 4.98 Å². The van der Waals surface area contributed by atoms with Crippen LogP contribution in [0.15, 0.2) is 60.7 Å². The molecule has 166 valence electrons. The Morgan fingerprint density at radius 3 is 2.61 bits per heavy atom. The summed E-state index contributed by atoms with van der Waals surface area (Å²) in [5.41, 5.74) is 6.29. The molecule has 0 saturated carbocycles. The first-order chi connectivity index (χ1) is 16.1. The number of benzene rings is 3. The molecule has 0 bridgehead atoms. The number of hydrogen-bond acceptors (Lipinski definition) is 7. The second-order valence-electron chi connectivity index (χ2n) is 8.06. The molecule has 33 heavy (non-hydrogen) atoms. The number of fused-ring (bicyclic) bond motifs is 2. The zero-order valence-corrected chi connectivity index (χ0v) is 19.4. The van der Waals surface area contributed by atoms with E-state index in [0.717, 1.165) is 43.2 Å². The molecule has 0 fully saturated rings. The standard InChI is InChI=1S/C26H25N5OS/c1-16-8-10-21-20(14-16)24(27-12-5-13-32)31-26(30-21)28-18-9-11-22-23(15-18)33-25(29-22)19-7-4-3-6-17(19)2/h3-4,6-11,14-15,32H,5,12-13H2,1-2H3,(H2,27,28,30,31). The van der Waals surface area contributed by atoms with Crippen LogP contribution in [0, 0.1) is 13.8 Å². The normalized spacial score (nSPS) is 11.2. The van der Waals surface area contributed by atoms with E-state index in [1.54, 1.807) is 11.3 Å². The van der Waals surface area contributed by atoms with Crippen LogP contribution in [0.2, 0.25) is 0 Å². The fraction of sp³-hybridized carbons (Fsp3) is 0.192. The lowest BCUT2D eigenvalue weighted by atomic mass is 10.1. The van der Waals surface area contributed by atoms with Crippen molar-refractivity contribution in [2.75, 3.05) is 23.8 Å². The molecule has 0 atom stereocenters. The third kappa shape index (κ3) is 4.51. The maximum atomic E-state index is 9.14. The van der Waals surface area contributed by atoms with Crippen molar-refractivity contribution in [3.05, 3.63) is 71.8 Å². The van der Waals surface area contributed by atoms with Gasteiger partial charge in [-0.05, 0) is 56.2 Å². The van der Waals surface area contributed by atoms with Gasteiger partial charge in [-0.1, -0.05) is 35.9 Å². The molecule has 0 aliphatic rings. The van der Waals surface area contributed by atoms with Crippen molar-refractivity contribution in [1.82, 2.24) is 15.0 Å². The van der Waals surface area contributed by atoms with Gasteiger partial charge in [0.25, 0.3) is 0 Å². The molecule has 0 saturated heterocycles. The second kappa shape index (κ2) is 9.13. The van der Waals surface area contributed by atoms with E-state index in [-0.39, 0.29) is 6.61 Å². The summed E-state index contributed by atoms with van der Waals surface area (Å²) in [6, 6.07) is 20.6. The van der Waals surface area contributed by atoms with E-state index in [1.165, 1.54) is 11.1 Å². The molecule has 3 N–H and O–H groups in total. The summed E-state index contributed by atoms with van der Waals surface area (Å²) < 4.78 is 1.11.